The highest BCUT2D eigenvalue weighted by Crippen LogP contribution is 2.31. The standard InChI is InChI=1S/C19H24N2O5/c1-2-24-17(22)8-5-15-3-6-16(7-4-15)20-18(23)21-11-9-19(10-12-21)25-13-14-26-19/h3-8H,2,9-14H2,1H3,(H,20,23)/b8-5+. The third-order valence-corrected chi connectivity index (χ3v) is 4.49. The fraction of sp³-hybridized carbons (Fsp3) is 0.474. The Bertz CT molecular complexity index is 655. The number of likely N-dealkylation sites (tertiary alicyclic amines) is 1. The lowest BCUT2D eigenvalue weighted by atomic mass is 10.0. The van der Waals surface area contributed by atoms with Gasteiger partial charge < -0.3 is 24.4 Å². The maximum absolute atomic E-state index is 12.4. The summed E-state index contributed by atoms with van der Waals surface area (Å²) >= 11 is 0. The van der Waals surface area contributed by atoms with Crippen molar-refractivity contribution in [2.45, 2.75) is 25.6 Å². The monoisotopic (exact) mass is 360 g/mol. The van der Waals surface area contributed by atoms with Crippen molar-refractivity contribution in [2.24, 2.45) is 0 Å². The topological polar surface area (TPSA) is 77.1 Å². The van der Waals surface area contributed by atoms with Gasteiger partial charge in [0.05, 0.1) is 19.8 Å². The van der Waals surface area contributed by atoms with Gasteiger partial charge in [-0.25, -0.2) is 9.59 Å². The summed E-state index contributed by atoms with van der Waals surface area (Å²) in [7, 11) is 0. The van der Waals surface area contributed by atoms with Gasteiger partial charge in [-0.3, -0.25) is 0 Å². The van der Waals surface area contributed by atoms with Crippen molar-refractivity contribution in [2.75, 3.05) is 38.2 Å². The number of carbonyl (C=O) groups excluding carboxylic acids is 2. The molecule has 3 rings (SSSR count). The lowest BCUT2D eigenvalue weighted by Gasteiger charge is -2.37. The van der Waals surface area contributed by atoms with Gasteiger partial charge in [0.25, 0.3) is 0 Å². The molecule has 2 saturated heterocycles. The molecule has 0 saturated carbocycles. The Hall–Kier alpha value is -2.38. The second-order valence-electron chi connectivity index (χ2n) is 6.23. The van der Waals surface area contributed by atoms with Gasteiger partial charge in [0, 0.05) is 37.7 Å². The zero-order valence-electron chi connectivity index (χ0n) is 14.9. The molecule has 1 N–H and O–H groups in total. The zero-order valence-corrected chi connectivity index (χ0v) is 14.9. The van der Waals surface area contributed by atoms with E-state index in [1.165, 1.54) is 6.08 Å². The number of carbonyl (C=O) groups is 2. The summed E-state index contributed by atoms with van der Waals surface area (Å²) < 4.78 is 16.2. The van der Waals surface area contributed by atoms with E-state index in [-0.39, 0.29) is 12.0 Å². The molecule has 1 spiro atoms. The molecule has 0 unspecified atom stereocenters. The number of rotatable bonds is 4. The Morgan fingerprint density at radius 1 is 1.19 bits per heavy atom. The van der Waals surface area contributed by atoms with Crippen molar-refractivity contribution >= 4 is 23.8 Å². The first kappa shape index (κ1) is 18.4. The third-order valence-electron chi connectivity index (χ3n) is 4.49. The van der Waals surface area contributed by atoms with E-state index in [0.29, 0.717) is 51.4 Å². The van der Waals surface area contributed by atoms with Gasteiger partial charge in [-0.05, 0) is 30.7 Å². The normalized spacial score (nSPS) is 19.0. The van der Waals surface area contributed by atoms with Crippen molar-refractivity contribution < 1.29 is 23.8 Å². The van der Waals surface area contributed by atoms with Gasteiger partial charge >= 0.3 is 12.0 Å². The van der Waals surface area contributed by atoms with Crippen molar-refractivity contribution in [1.29, 1.82) is 0 Å². The van der Waals surface area contributed by atoms with Crippen LogP contribution in [0.25, 0.3) is 6.08 Å². The Morgan fingerprint density at radius 3 is 2.46 bits per heavy atom. The molecular weight excluding hydrogens is 336 g/mol. The summed E-state index contributed by atoms with van der Waals surface area (Å²) in [6, 6.07) is 7.13. The molecule has 0 atom stereocenters. The van der Waals surface area contributed by atoms with Crippen LogP contribution in [0.2, 0.25) is 0 Å². The molecule has 1 aromatic rings. The van der Waals surface area contributed by atoms with E-state index >= 15 is 0 Å². The van der Waals surface area contributed by atoms with Crippen molar-refractivity contribution in [3.63, 3.8) is 0 Å². The minimum absolute atomic E-state index is 0.132. The summed E-state index contributed by atoms with van der Waals surface area (Å²) in [6.07, 6.45) is 4.44. The van der Waals surface area contributed by atoms with Crippen LogP contribution < -0.4 is 5.32 Å². The van der Waals surface area contributed by atoms with Crippen LogP contribution >= 0.6 is 0 Å². The fourth-order valence-electron chi connectivity index (χ4n) is 3.07. The number of amides is 2. The van der Waals surface area contributed by atoms with Gasteiger partial charge in [-0.2, -0.15) is 0 Å². The number of hydrogen-bond donors (Lipinski definition) is 1. The number of benzene rings is 1. The lowest BCUT2D eigenvalue weighted by molar-refractivity contribution is -0.181. The van der Waals surface area contributed by atoms with Gasteiger partial charge in [-0.15, -0.1) is 0 Å². The van der Waals surface area contributed by atoms with Gasteiger partial charge in [-0.1, -0.05) is 12.1 Å². The molecular formula is C19H24N2O5. The summed E-state index contributed by atoms with van der Waals surface area (Å²) in [5, 5.41) is 2.89. The average molecular weight is 360 g/mol. The van der Waals surface area contributed by atoms with Crippen LogP contribution in [0.3, 0.4) is 0 Å². The molecule has 140 valence electrons. The predicted octanol–water partition coefficient (Wildman–Crippen LogP) is 2.63. The molecule has 2 heterocycles. The highest BCUT2D eigenvalue weighted by atomic mass is 16.7. The van der Waals surface area contributed by atoms with E-state index in [2.05, 4.69) is 5.32 Å². The number of nitrogens with one attached hydrogen (secondary N) is 1. The number of anilines is 1. The predicted molar refractivity (Wildman–Crippen MR) is 96.6 cm³/mol. The van der Waals surface area contributed by atoms with Crippen LogP contribution in [0.5, 0.6) is 0 Å². The number of urea groups is 1. The minimum Gasteiger partial charge on any atom is -0.463 e. The molecule has 2 aliphatic heterocycles. The highest BCUT2D eigenvalue weighted by Gasteiger charge is 2.40. The summed E-state index contributed by atoms with van der Waals surface area (Å²) in [5.41, 5.74) is 1.56. The maximum atomic E-state index is 12.4. The molecule has 2 aliphatic rings. The third kappa shape index (κ3) is 4.62. The molecule has 7 heteroatoms. The zero-order chi connectivity index (χ0) is 18.4. The van der Waals surface area contributed by atoms with Crippen LogP contribution in [0.15, 0.2) is 30.3 Å². The van der Waals surface area contributed by atoms with Crippen LogP contribution in [-0.4, -0.2) is 55.6 Å². The molecule has 1 aromatic carbocycles. The van der Waals surface area contributed by atoms with Crippen molar-refractivity contribution in [1.82, 2.24) is 4.90 Å². The average Bonchev–Trinajstić information content (AvgIpc) is 3.10. The van der Waals surface area contributed by atoms with E-state index in [0.717, 1.165) is 5.56 Å². The van der Waals surface area contributed by atoms with E-state index in [1.807, 2.05) is 12.1 Å². The molecule has 26 heavy (non-hydrogen) atoms. The molecule has 7 nitrogen and oxygen atoms in total. The van der Waals surface area contributed by atoms with E-state index < -0.39 is 5.79 Å². The summed E-state index contributed by atoms with van der Waals surface area (Å²) in [5.74, 6) is -0.855. The largest absolute Gasteiger partial charge is 0.463 e. The Labute approximate surface area is 152 Å². The van der Waals surface area contributed by atoms with Crippen molar-refractivity contribution in [3.8, 4) is 0 Å². The first-order valence-corrected chi connectivity index (χ1v) is 8.89. The first-order valence-electron chi connectivity index (χ1n) is 8.89. The van der Waals surface area contributed by atoms with Crippen LogP contribution in [0.1, 0.15) is 25.3 Å². The first-order chi connectivity index (χ1) is 12.6. The number of esters is 1. The van der Waals surface area contributed by atoms with Crippen LogP contribution in [-0.2, 0) is 19.0 Å². The number of ether oxygens (including phenoxy) is 3. The van der Waals surface area contributed by atoms with Crippen molar-refractivity contribution in [3.05, 3.63) is 35.9 Å². The van der Waals surface area contributed by atoms with Crippen LogP contribution in [0.4, 0.5) is 10.5 Å². The van der Waals surface area contributed by atoms with Gasteiger partial charge in [0.1, 0.15) is 0 Å². The van der Waals surface area contributed by atoms with E-state index in [1.54, 1.807) is 30.0 Å². The molecule has 0 aliphatic carbocycles. The Balaban J connectivity index is 1.49. The SMILES string of the molecule is CCOC(=O)/C=C/c1ccc(NC(=O)N2CCC3(CC2)OCCO3)cc1. The second kappa shape index (κ2) is 8.33. The second-order valence-corrected chi connectivity index (χ2v) is 6.23. The van der Waals surface area contributed by atoms with E-state index in [9.17, 15) is 9.59 Å². The number of hydrogen-bond acceptors (Lipinski definition) is 5. The van der Waals surface area contributed by atoms with Crippen LogP contribution in [0, 0.1) is 0 Å². The molecule has 2 fully saturated rings. The minimum atomic E-state index is -0.482. The Kier molecular flexibility index (Phi) is 5.90. The summed E-state index contributed by atoms with van der Waals surface area (Å²) in [6.45, 7) is 4.58. The number of nitrogens with zero attached hydrogens (tertiary/aromatic N) is 1. The maximum Gasteiger partial charge on any atom is 0.330 e. The highest BCUT2D eigenvalue weighted by molar-refractivity contribution is 5.90. The van der Waals surface area contributed by atoms with Gasteiger partial charge in [0.15, 0.2) is 5.79 Å². The van der Waals surface area contributed by atoms with Gasteiger partial charge in [0.2, 0.25) is 0 Å². The quantitative estimate of drug-likeness (QED) is 0.660. The fourth-order valence-corrected chi connectivity index (χ4v) is 3.07. The summed E-state index contributed by atoms with van der Waals surface area (Å²) in [4.78, 5) is 25.5. The molecule has 0 bridgehead atoms. The lowest BCUT2D eigenvalue weighted by Crippen LogP contribution is -2.48. The molecule has 0 aromatic heterocycles. The molecule has 2 amide bonds. The molecule has 0 radical (unpaired) electrons. The Morgan fingerprint density at radius 2 is 1.85 bits per heavy atom. The number of piperidine rings is 1. The smallest absolute Gasteiger partial charge is 0.330 e. The van der Waals surface area contributed by atoms with E-state index in [4.69, 9.17) is 14.2 Å².